The van der Waals surface area contributed by atoms with Crippen LogP contribution in [0.1, 0.15) is 25.5 Å². The van der Waals surface area contributed by atoms with Crippen LogP contribution in [0, 0.1) is 0 Å². The third-order valence-electron chi connectivity index (χ3n) is 3.07. The molecule has 21 heavy (non-hydrogen) atoms. The van der Waals surface area contributed by atoms with Gasteiger partial charge in [0.15, 0.2) is 0 Å². The van der Waals surface area contributed by atoms with Crippen molar-refractivity contribution in [2.45, 2.75) is 19.8 Å². The van der Waals surface area contributed by atoms with E-state index >= 15 is 0 Å². The first-order valence-corrected chi connectivity index (χ1v) is 7.40. The lowest BCUT2D eigenvalue weighted by Gasteiger charge is -2.07. The van der Waals surface area contributed by atoms with Crippen LogP contribution in [0.5, 0.6) is 11.6 Å². The second-order valence-electron chi connectivity index (χ2n) is 5.11. The zero-order valence-electron chi connectivity index (χ0n) is 11.7. The van der Waals surface area contributed by atoms with Gasteiger partial charge in [-0.05, 0) is 24.1 Å². The summed E-state index contributed by atoms with van der Waals surface area (Å²) in [7, 11) is 0. The van der Waals surface area contributed by atoms with Gasteiger partial charge in [-0.25, -0.2) is 9.50 Å². The minimum atomic E-state index is 0.347. The molecule has 0 saturated carbocycles. The molecule has 1 aromatic carbocycles. The predicted octanol–water partition coefficient (Wildman–Crippen LogP) is 3.99. The summed E-state index contributed by atoms with van der Waals surface area (Å²) in [5.41, 5.74) is 8.28. The normalized spacial score (nSPS) is 11.2. The first kappa shape index (κ1) is 13.9. The Hall–Kier alpha value is -2.08. The molecule has 0 radical (unpaired) electrons. The molecule has 2 aromatic heterocycles. The van der Waals surface area contributed by atoms with Crippen LogP contribution in [-0.4, -0.2) is 14.6 Å². The van der Waals surface area contributed by atoms with Gasteiger partial charge in [-0.3, -0.25) is 0 Å². The maximum atomic E-state index is 5.86. The number of hydrogen-bond acceptors (Lipinski definition) is 4. The maximum Gasteiger partial charge on any atom is 0.245 e. The molecule has 5 nitrogen and oxygen atoms in total. The summed E-state index contributed by atoms with van der Waals surface area (Å²) in [4.78, 5) is 4.29. The zero-order valence-corrected chi connectivity index (χ0v) is 13.3. The highest BCUT2D eigenvalue weighted by Gasteiger charge is 2.11. The fourth-order valence-electron chi connectivity index (χ4n) is 2.03. The molecule has 0 bridgehead atoms. The lowest BCUT2D eigenvalue weighted by molar-refractivity contribution is 0.465. The largest absolute Gasteiger partial charge is 0.437 e. The summed E-state index contributed by atoms with van der Waals surface area (Å²) in [6, 6.07) is 7.42. The average Bonchev–Trinajstić information content (AvgIpc) is 2.82. The molecule has 0 aliphatic heterocycles. The number of ether oxygens (including phenoxy) is 1. The van der Waals surface area contributed by atoms with E-state index in [1.54, 1.807) is 16.8 Å². The lowest BCUT2D eigenvalue weighted by atomic mass is 10.1. The SMILES string of the molecule is CC(C)c1cc2c(Oc3cc(N)cc(Br)c3)nccn2n1. The molecule has 0 aliphatic rings. The molecule has 0 aliphatic carbocycles. The Kier molecular flexibility index (Phi) is 3.55. The van der Waals surface area contributed by atoms with Crippen molar-refractivity contribution in [2.75, 3.05) is 5.73 Å². The molecule has 0 saturated heterocycles. The number of benzene rings is 1. The molecule has 0 amide bonds. The van der Waals surface area contributed by atoms with E-state index in [-0.39, 0.29) is 0 Å². The third kappa shape index (κ3) is 2.85. The van der Waals surface area contributed by atoms with Crippen molar-refractivity contribution in [1.82, 2.24) is 14.6 Å². The molecule has 108 valence electrons. The Morgan fingerprint density at radius 3 is 2.76 bits per heavy atom. The number of nitrogen functional groups attached to an aromatic ring is 1. The van der Waals surface area contributed by atoms with Crippen LogP contribution in [0.2, 0.25) is 0 Å². The van der Waals surface area contributed by atoms with E-state index in [4.69, 9.17) is 10.5 Å². The highest BCUT2D eigenvalue weighted by molar-refractivity contribution is 9.10. The van der Waals surface area contributed by atoms with Gasteiger partial charge in [-0.1, -0.05) is 29.8 Å². The van der Waals surface area contributed by atoms with Crippen LogP contribution < -0.4 is 10.5 Å². The molecular weight excluding hydrogens is 332 g/mol. The Bertz CT molecular complexity index is 777. The van der Waals surface area contributed by atoms with Crippen molar-refractivity contribution >= 4 is 27.1 Å². The van der Waals surface area contributed by atoms with Gasteiger partial charge in [0.2, 0.25) is 5.88 Å². The number of halogens is 1. The fourth-order valence-corrected chi connectivity index (χ4v) is 2.52. The van der Waals surface area contributed by atoms with E-state index in [0.29, 0.717) is 23.2 Å². The van der Waals surface area contributed by atoms with E-state index < -0.39 is 0 Å². The van der Waals surface area contributed by atoms with E-state index in [9.17, 15) is 0 Å². The Morgan fingerprint density at radius 2 is 2.05 bits per heavy atom. The van der Waals surface area contributed by atoms with Gasteiger partial charge < -0.3 is 10.5 Å². The van der Waals surface area contributed by atoms with Crippen LogP contribution >= 0.6 is 15.9 Å². The van der Waals surface area contributed by atoms with Gasteiger partial charge in [-0.2, -0.15) is 5.10 Å². The second-order valence-corrected chi connectivity index (χ2v) is 6.02. The first-order chi connectivity index (χ1) is 10.0. The van der Waals surface area contributed by atoms with Crippen molar-refractivity contribution < 1.29 is 4.74 Å². The summed E-state index contributed by atoms with van der Waals surface area (Å²) in [6.07, 6.45) is 3.48. The van der Waals surface area contributed by atoms with Crippen LogP contribution in [0.25, 0.3) is 5.52 Å². The number of aromatic nitrogens is 3. The van der Waals surface area contributed by atoms with E-state index in [1.165, 1.54) is 0 Å². The third-order valence-corrected chi connectivity index (χ3v) is 3.53. The van der Waals surface area contributed by atoms with E-state index in [0.717, 1.165) is 15.7 Å². The van der Waals surface area contributed by atoms with Gasteiger partial charge in [0.05, 0.1) is 5.69 Å². The minimum Gasteiger partial charge on any atom is -0.437 e. The quantitative estimate of drug-likeness (QED) is 0.728. The Morgan fingerprint density at radius 1 is 1.24 bits per heavy atom. The number of anilines is 1. The standard InChI is InChI=1S/C15H15BrN4O/c1-9(2)13-8-14-15(18-3-4-20(14)19-13)21-12-6-10(16)5-11(17)7-12/h3-9H,17H2,1-2H3. The smallest absolute Gasteiger partial charge is 0.245 e. The van der Waals surface area contributed by atoms with Crippen molar-refractivity contribution in [3.63, 3.8) is 0 Å². The number of hydrogen-bond donors (Lipinski definition) is 1. The molecule has 6 heteroatoms. The number of nitrogens with two attached hydrogens (primary N) is 1. The van der Waals surface area contributed by atoms with Crippen molar-refractivity contribution in [3.8, 4) is 11.6 Å². The Labute approximate surface area is 130 Å². The average molecular weight is 347 g/mol. The zero-order chi connectivity index (χ0) is 15.0. The number of rotatable bonds is 3. The molecule has 3 rings (SSSR count). The highest BCUT2D eigenvalue weighted by Crippen LogP contribution is 2.29. The lowest BCUT2D eigenvalue weighted by Crippen LogP contribution is -1.95. The summed E-state index contributed by atoms with van der Waals surface area (Å²) in [6.45, 7) is 4.20. The van der Waals surface area contributed by atoms with Crippen molar-refractivity contribution in [3.05, 3.63) is 46.8 Å². The fraction of sp³-hybridized carbons (Fsp3) is 0.200. The first-order valence-electron chi connectivity index (χ1n) is 6.61. The van der Waals surface area contributed by atoms with Crippen molar-refractivity contribution in [2.24, 2.45) is 0 Å². The van der Waals surface area contributed by atoms with Crippen molar-refractivity contribution in [1.29, 1.82) is 0 Å². The maximum absolute atomic E-state index is 5.86. The number of nitrogens with zero attached hydrogens (tertiary/aromatic N) is 3. The van der Waals surface area contributed by atoms with E-state index in [2.05, 4.69) is 39.9 Å². The number of fused-ring (bicyclic) bond motifs is 1. The van der Waals surface area contributed by atoms with Crippen LogP contribution in [0.3, 0.4) is 0 Å². The van der Waals surface area contributed by atoms with Crippen LogP contribution in [0.4, 0.5) is 5.69 Å². The van der Waals surface area contributed by atoms with Gasteiger partial charge in [0.1, 0.15) is 11.3 Å². The Balaban J connectivity index is 2.03. The molecule has 0 fully saturated rings. The van der Waals surface area contributed by atoms with Crippen LogP contribution in [-0.2, 0) is 0 Å². The summed E-state index contributed by atoms with van der Waals surface area (Å²) >= 11 is 3.40. The van der Waals surface area contributed by atoms with E-state index in [1.807, 2.05) is 24.4 Å². The van der Waals surface area contributed by atoms with Gasteiger partial charge >= 0.3 is 0 Å². The van der Waals surface area contributed by atoms with Gasteiger partial charge in [0.25, 0.3) is 0 Å². The summed E-state index contributed by atoms with van der Waals surface area (Å²) in [5, 5.41) is 4.51. The highest BCUT2D eigenvalue weighted by atomic mass is 79.9. The van der Waals surface area contributed by atoms with Crippen LogP contribution in [0.15, 0.2) is 41.1 Å². The monoisotopic (exact) mass is 346 g/mol. The molecule has 3 aromatic rings. The molecule has 2 heterocycles. The van der Waals surface area contributed by atoms with Gasteiger partial charge in [0, 0.05) is 28.6 Å². The molecule has 0 atom stereocenters. The second kappa shape index (κ2) is 5.37. The van der Waals surface area contributed by atoms with Gasteiger partial charge in [-0.15, -0.1) is 0 Å². The summed E-state index contributed by atoms with van der Waals surface area (Å²) < 4.78 is 8.50. The molecule has 2 N–H and O–H groups in total. The summed E-state index contributed by atoms with van der Waals surface area (Å²) in [5.74, 6) is 1.49. The minimum absolute atomic E-state index is 0.347. The predicted molar refractivity (Wildman–Crippen MR) is 85.7 cm³/mol. The molecular formula is C15H15BrN4O. The topological polar surface area (TPSA) is 65.4 Å². The molecule has 0 unspecified atom stereocenters. The molecule has 0 spiro atoms.